The lowest BCUT2D eigenvalue weighted by molar-refractivity contribution is -0.384. The minimum Gasteiger partial charge on any atom is -0.489 e. The molecule has 3 aromatic carbocycles. The van der Waals surface area contributed by atoms with Gasteiger partial charge in [-0.15, -0.1) is 0 Å². The summed E-state index contributed by atoms with van der Waals surface area (Å²) in [6.07, 6.45) is 11.3. The van der Waals surface area contributed by atoms with Crippen molar-refractivity contribution in [3.8, 4) is 17.2 Å². The normalized spacial score (nSPS) is 24.7. The van der Waals surface area contributed by atoms with E-state index in [9.17, 15) is 28.4 Å². The monoisotopic (exact) mass is 1000 g/mol. The van der Waals surface area contributed by atoms with E-state index < -0.39 is 37.0 Å². The molecule has 4 N–H and O–H groups in total. The van der Waals surface area contributed by atoms with Gasteiger partial charge in [0.15, 0.2) is 23.0 Å². The molecule has 2 aliphatic carbocycles. The van der Waals surface area contributed by atoms with E-state index in [1.165, 1.54) is 42.9 Å². The quantitative estimate of drug-likeness (QED) is 0.0680. The van der Waals surface area contributed by atoms with Crippen LogP contribution in [-0.4, -0.2) is 109 Å². The summed E-state index contributed by atoms with van der Waals surface area (Å²) in [5, 5.41) is 27.1. The molecule has 11 rings (SSSR count). The number of nitrogens with one attached hydrogen (secondary N) is 3. The second kappa shape index (κ2) is 19.1. The van der Waals surface area contributed by atoms with Gasteiger partial charge < -0.3 is 39.4 Å². The Bertz CT molecular complexity index is 2960. The number of fused-ring (bicyclic) bond motifs is 2. The molecule has 3 saturated heterocycles. The van der Waals surface area contributed by atoms with E-state index in [2.05, 4.69) is 67.8 Å². The maximum absolute atomic E-state index is 14.5. The second-order valence-electron chi connectivity index (χ2n) is 21.7. The number of sulfonamides is 1. The third-order valence-corrected chi connectivity index (χ3v) is 18.0. The molecule has 4 aliphatic heterocycles. The third kappa shape index (κ3) is 9.46. The summed E-state index contributed by atoms with van der Waals surface area (Å²) in [5.74, 6) is 0.691. The van der Waals surface area contributed by atoms with Crippen LogP contribution in [0.25, 0.3) is 11.0 Å². The summed E-state index contributed by atoms with van der Waals surface area (Å²) < 4.78 is 49.1. The van der Waals surface area contributed by atoms with E-state index in [0.29, 0.717) is 87.2 Å². The molecule has 0 unspecified atom stereocenters. The first-order chi connectivity index (χ1) is 34.6. The largest absolute Gasteiger partial charge is 0.489 e. The summed E-state index contributed by atoms with van der Waals surface area (Å²) in [7, 11) is -4.70. The Morgan fingerprint density at radius 3 is 2.46 bits per heavy atom. The zero-order valence-corrected chi connectivity index (χ0v) is 42.2. The number of aliphatic hydroxyl groups is 1. The number of piperidine rings is 1. The Labute approximate surface area is 420 Å². The van der Waals surface area contributed by atoms with Gasteiger partial charge in [-0.05, 0) is 130 Å². The van der Waals surface area contributed by atoms with E-state index >= 15 is 0 Å². The van der Waals surface area contributed by atoms with Gasteiger partial charge in [-0.3, -0.25) is 19.8 Å². The number of aromatic nitrogens is 2. The Morgan fingerprint density at radius 2 is 1.71 bits per heavy atom. The Kier molecular flexibility index (Phi) is 12.9. The van der Waals surface area contributed by atoms with Crippen LogP contribution >= 0.6 is 0 Å². The van der Waals surface area contributed by atoms with Gasteiger partial charge >= 0.3 is 0 Å². The van der Waals surface area contributed by atoms with Crippen LogP contribution in [0.4, 0.5) is 22.9 Å². The van der Waals surface area contributed by atoms with Crippen LogP contribution in [0.2, 0.25) is 0 Å². The molecule has 2 aromatic heterocycles. The molecule has 1 amide bonds. The van der Waals surface area contributed by atoms with Crippen molar-refractivity contribution in [2.24, 2.45) is 11.3 Å². The molecule has 18 heteroatoms. The van der Waals surface area contributed by atoms with Crippen molar-refractivity contribution in [2.75, 3.05) is 67.7 Å². The molecule has 72 heavy (non-hydrogen) atoms. The van der Waals surface area contributed by atoms with Crippen molar-refractivity contribution in [2.45, 2.75) is 120 Å². The number of aromatic amines is 1. The zero-order chi connectivity index (χ0) is 49.9. The molecule has 382 valence electrons. The van der Waals surface area contributed by atoms with E-state index in [-0.39, 0.29) is 46.7 Å². The van der Waals surface area contributed by atoms with Gasteiger partial charge in [0.25, 0.3) is 21.6 Å². The number of nitrogens with zero attached hydrogens (tertiary/aromatic N) is 5. The Balaban J connectivity index is 0.847. The van der Waals surface area contributed by atoms with Crippen molar-refractivity contribution >= 4 is 49.8 Å². The summed E-state index contributed by atoms with van der Waals surface area (Å²) in [6.45, 7) is 11.5. The van der Waals surface area contributed by atoms with Gasteiger partial charge in [0.1, 0.15) is 18.0 Å². The highest BCUT2D eigenvalue weighted by atomic mass is 32.2. The van der Waals surface area contributed by atoms with Gasteiger partial charge in [-0.25, -0.2) is 18.1 Å². The average molecular weight is 1000 g/mol. The molecule has 5 fully saturated rings. The number of likely N-dealkylation sites (tertiary alicyclic amines) is 1. The van der Waals surface area contributed by atoms with Crippen molar-refractivity contribution in [3.63, 3.8) is 0 Å². The highest BCUT2D eigenvalue weighted by Crippen LogP contribution is 2.54. The lowest BCUT2D eigenvalue weighted by Gasteiger charge is -2.56. The number of rotatable bonds is 12. The van der Waals surface area contributed by atoms with Gasteiger partial charge in [-0.2, -0.15) is 0 Å². The number of anilines is 3. The van der Waals surface area contributed by atoms with Gasteiger partial charge in [0.05, 0.1) is 40.2 Å². The van der Waals surface area contributed by atoms with Gasteiger partial charge in [0.2, 0.25) is 0 Å². The number of carbonyl (C=O) groups excluding carboxylic acids is 1. The molecule has 6 heterocycles. The number of carbonyl (C=O) groups is 1. The SMILES string of the molecule is CC(C)c1ccccc1[C@H]1CCCN1C1CC2(CCN(c3ccc(C(=O)NS(=O)(=O)c4cc5c(c([N+](=O)[O-])c4)N[C@@H]([C@H]4CC[C@](C)(O)CC4)CO5)c(Oc4cc5cc[nH]c5nc4N4CCOCC4)c3)CC2)C1. The number of nitro groups is 1. The smallest absolute Gasteiger partial charge is 0.297 e. The molecular weight excluding hydrogens is 937 g/mol. The average Bonchev–Trinajstić information content (AvgIpc) is 4.05. The molecule has 0 bridgehead atoms. The van der Waals surface area contributed by atoms with Crippen LogP contribution in [0.5, 0.6) is 17.2 Å². The van der Waals surface area contributed by atoms with Gasteiger partial charge in [-0.1, -0.05) is 38.1 Å². The van der Waals surface area contributed by atoms with E-state index in [1.54, 1.807) is 12.3 Å². The summed E-state index contributed by atoms with van der Waals surface area (Å²) in [4.78, 5) is 41.1. The fourth-order valence-electron chi connectivity index (χ4n) is 12.5. The van der Waals surface area contributed by atoms with Crippen LogP contribution in [0.1, 0.15) is 118 Å². The van der Waals surface area contributed by atoms with E-state index in [4.69, 9.17) is 19.2 Å². The van der Waals surface area contributed by atoms with Crippen LogP contribution < -0.4 is 29.3 Å². The van der Waals surface area contributed by atoms with Crippen molar-refractivity contribution in [1.82, 2.24) is 19.6 Å². The third-order valence-electron chi connectivity index (χ3n) is 16.7. The number of hydrogen-bond donors (Lipinski definition) is 4. The van der Waals surface area contributed by atoms with E-state index in [0.717, 1.165) is 49.6 Å². The summed E-state index contributed by atoms with van der Waals surface area (Å²) in [6, 6.07) is 20.9. The molecule has 1 spiro atoms. The Hall–Kier alpha value is -5.95. The van der Waals surface area contributed by atoms with Crippen molar-refractivity contribution in [3.05, 3.63) is 99.7 Å². The van der Waals surface area contributed by atoms with Crippen LogP contribution in [0.15, 0.2) is 77.8 Å². The molecule has 6 aliphatic rings. The number of nitro benzene ring substituents is 1. The second-order valence-corrected chi connectivity index (χ2v) is 23.4. The Morgan fingerprint density at radius 1 is 0.944 bits per heavy atom. The lowest BCUT2D eigenvalue weighted by Crippen LogP contribution is -2.54. The predicted octanol–water partition coefficient (Wildman–Crippen LogP) is 9.04. The fourth-order valence-corrected chi connectivity index (χ4v) is 13.5. The number of amides is 1. The van der Waals surface area contributed by atoms with Crippen molar-refractivity contribution < 1.29 is 37.5 Å². The summed E-state index contributed by atoms with van der Waals surface area (Å²) in [5.41, 5.74) is 3.53. The lowest BCUT2D eigenvalue weighted by atomic mass is 9.59. The topological polar surface area (TPSA) is 205 Å². The zero-order valence-electron chi connectivity index (χ0n) is 41.4. The van der Waals surface area contributed by atoms with Gasteiger partial charge in [0, 0.05) is 73.7 Å². The van der Waals surface area contributed by atoms with Crippen LogP contribution in [-0.2, 0) is 14.8 Å². The number of benzene rings is 3. The maximum Gasteiger partial charge on any atom is 0.297 e. The first-order valence-electron chi connectivity index (χ1n) is 25.9. The van der Waals surface area contributed by atoms with E-state index in [1.807, 2.05) is 31.2 Å². The molecule has 0 radical (unpaired) electrons. The minimum atomic E-state index is -4.70. The number of H-pyrrole nitrogens is 1. The molecule has 5 aromatic rings. The fraction of sp³-hybridized carbons (Fsp3) is 0.519. The standard InChI is InChI=1S/C54H66N8O9S/c1-34(2)40-7-4-5-8-41(40)44-9-6-20-61(44)38-31-54(32-38)17-21-59(22-18-54)37-10-11-42(46(28-37)71-48-27-36-14-19-55-50(36)57-51(48)60-23-25-69-26-24-60)52(63)58-72(67,68)39-29-45(62(65)66)49-47(30-39)70-33-43(56-49)35-12-15-53(3,64)16-13-35/h4-5,7-8,10-11,14,19,27-30,34-35,38,43-44,56,64H,6,9,12-13,15-18,20-26,31-33H2,1-3H3,(H,55,57)(H,58,63)/t35-,43-,44-,53-/m1/s1. The summed E-state index contributed by atoms with van der Waals surface area (Å²) >= 11 is 0. The molecular formula is C54H66N8O9S. The minimum absolute atomic E-state index is 0.00105. The maximum atomic E-state index is 14.5. The predicted molar refractivity (Wildman–Crippen MR) is 275 cm³/mol. The molecule has 17 nitrogen and oxygen atoms in total. The molecule has 2 atom stereocenters. The van der Waals surface area contributed by atoms with Crippen molar-refractivity contribution in [1.29, 1.82) is 0 Å². The number of ether oxygens (including phenoxy) is 3. The first-order valence-corrected chi connectivity index (χ1v) is 27.3. The highest BCUT2D eigenvalue weighted by Gasteiger charge is 2.50. The van der Waals surface area contributed by atoms with Crippen LogP contribution in [0, 0.1) is 21.4 Å². The highest BCUT2D eigenvalue weighted by molar-refractivity contribution is 7.90. The molecule has 2 saturated carbocycles. The van der Waals surface area contributed by atoms with Crippen LogP contribution in [0.3, 0.4) is 0 Å². The first kappa shape index (κ1) is 48.3. The number of morpholine rings is 1. The number of hydrogen-bond acceptors (Lipinski definition) is 14. The number of pyridine rings is 1.